The largest absolute Gasteiger partial charge is 0.480 e. The molecule has 0 aliphatic heterocycles. The molecule has 0 fully saturated rings. The molecule has 1 aromatic heterocycles. The number of carboxylic acids is 1. The van der Waals surface area contributed by atoms with Crippen molar-refractivity contribution in [2.75, 3.05) is 19.6 Å². The average Bonchev–Trinajstić information content (AvgIpc) is 3.09. The van der Waals surface area contributed by atoms with Crippen LogP contribution in [0.5, 0.6) is 0 Å². The van der Waals surface area contributed by atoms with Crippen LogP contribution in [0.15, 0.2) is 42.9 Å². The number of carbonyl (C=O) groups excluding carboxylic acids is 1. The van der Waals surface area contributed by atoms with Crippen molar-refractivity contribution in [2.24, 2.45) is 0 Å². The molecule has 2 aromatic rings. The molecule has 0 saturated heterocycles. The van der Waals surface area contributed by atoms with Crippen molar-refractivity contribution in [3.05, 3.63) is 54.1 Å². The number of aliphatic carboxylic acids is 1. The molecule has 0 bridgehead atoms. The predicted molar refractivity (Wildman–Crippen MR) is 103 cm³/mol. The van der Waals surface area contributed by atoms with E-state index in [2.05, 4.69) is 15.2 Å². The van der Waals surface area contributed by atoms with Crippen LogP contribution >= 0.6 is 0 Å². The van der Waals surface area contributed by atoms with Crippen LogP contribution in [0.1, 0.15) is 31.5 Å². The fourth-order valence-electron chi connectivity index (χ4n) is 2.87. The van der Waals surface area contributed by atoms with E-state index in [1.165, 1.54) is 0 Å². The lowest BCUT2D eigenvalue weighted by atomic mass is 10.1. The summed E-state index contributed by atoms with van der Waals surface area (Å²) in [5, 5.41) is 12.0. The Morgan fingerprint density at radius 2 is 1.93 bits per heavy atom. The molecule has 2 rings (SSSR count). The van der Waals surface area contributed by atoms with Gasteiger partial charge in [0, 0.05) is 32.1 Å². The van der Waals surface area contributed by atoms with Crippen LogP contribution in [0.25, 0.3) is 0 Å². The molecule has 1 amide bonds. The van der Waals surface area contributed by atoms with Crippen LogP contribution in [0.3, 0.4) is 0 Å². The van der Waals surface area contributed by atoms with Crippen LogP contribution in [-0.4, -0.2) is 57.1 Å². The highest BCUT2D eigenvalue weighted by Crippen LogP contribution is 2.06. The first-order chi connectivity index (χ1) is 13.0. The van der Waals surface area contributed by atoms with Crippen molar-refractivity contribution >= 4 is 11.9 Å². The number of amides is 1. The standard InChI is InChI=1S/C20H28N4O3/c1-3-23(4-2)11-10-19(25)22-18(20(26)27)12-17-14-24(15-21-17)13-16-8-6-5-7-9-16/h5-9,14-15,18H,3-4,10-13H2,1-2H3,(H,22,25)(H,26,27)/t18-/m1/s1. The molecule has 0 radical (unpaired) electrons. The summed E-state index contributed by atoms with van der Waals surface area (Å²) in [4.78, 5) is 30.0. The summed E-state index contributed by atoms with van der Waals surface area (Å²) in [7, 11) is 0. The minimum absolute atomic E-state index is 0.161. The minimum atomic E-state index is -1.05. The van der Waals surface area contributed by atoms with Gasteiger partial charge in [0.1, 0.15) is 6.04 Å². The van der Waals surface area contributed by atoms with E-state index in [9.17, 15) is 14.7 Å². The fraction of sp³-hybridized carbons (Fsp3) is 0.450. The first kappa shape index (κ1) is 20.6. The van der Waals surface area contributed by atoms with E-state index >= 15 is 0 Å². The molecule has 1 aromatic carbocycles. The highest BCUT2D eigenvalue weighted by molar-refractivity contribution is 5.83. The van der Waals surface area contributed by atoms with E-state index in [0.717, 1.165) is 18.7 Å². The second kappa shape index (κ2) is 10.5. The number of carboxylic acid groups (broad SMARTS) is 1. The number of benzene rings is 1. The number of aromatic nitrogens is 2. The zero-order chi connectivity index (χ0) is 19.6. The number of imidazole rings is 1. The lowest BCUT2D eigenvalue weighted by Crippen LogP contribution is -2.43. The second-order valence-corrected chi connectivity index (χ2v) is 6.46. The molecule has 0 aliphatic carbocycles. The molecule has 1 atom stereocenters. The van der Waals surface area contributed by atoms with Crippen LogP contribution < -0.4 is 5.32 Å². The third-order valence-corrected chi connectivity index (χ3v) is 4.49. The summed E-state index contributed by atoms with van der Waals surface area (Å²) in [6, 6.07) is 8.98. The van der Waals surface area contributed by atoms with Gasteiger partial charge in [-0.15, -0.1) is 0 Å². The number of rotatable bonds is 11. The van der Waals surface area contributed by atoms with Crippen molar-refractivity contribution in [3.63, 3.8) is 0 Å². The number of carbonyl (C=O) groups is 2. The Bertz CT molecular complexity index is 726. The molecular weight excluding hydrogens is 344 g/mol. The SMILES string of the molecule is CCN(CC)CCC(=O)N[C@H](Cc1cn(Cc2ccccc2)cn1)C(=O)O. The van der Waals surface area contributed by atoms with Gasteiger partial charge in [0.05, 0.1) is 12.0 Å². The predicted octanol–water partition coefficient (Wildman–Crippen LogP) is 1.78. The molecule has 1 heterocycles. The maximum absolute atomic E-state index is 12.1. The Morgan fingerprint density at radius 3 is 2.56 bits per heavy atom. The second-order valence-electron chi connectivity index (χ2n) is 6.46. The molecule has 0 aliphatic rings. The van der Waals surface area contributed by atoms with Crippen molar-refractivity contribution in [1.29, 1.82) is 0 Å². The molecular formula is C20H28N4O3. The van der Waals surface area contributed by atoms with Gasteiger partial charge >= 0.3 is 5.97 Å². The number of hydrogen-bond donors (Lipinski definition) is 2. The molecule has 146 valence electrons. The Hall–Kier alpha value is -2.67. The van der Waals surface area contributed by atoms with Gasteiger partial charge in [0.2, 0.25) is 5.91 Å². The molecule has 7 heteroatoms. The average molecular weight is 372 g/mol. The fourth-order valence-corrected chi connectivity index (χ4v) is 2.87. The van der Waals surface area contributed by atoms with E-state index in [1.807, 2.05) is 54.9 Å². The summed E-state index contributed by atoms with van der Waals surface area (Å²) in [6.07, 6.45) is 3.95. The van der Waals surface area contributed by atoms with Gasteiger partial charge in [-0.3, -0.25) is 4.79 Å². The van der Waals surface area contributed by atoms with Gasteiger partial charge in [0.25, 0.3) is 0 Å². The van der Waals surface area contributed by atoms with Gasteiger partial charge in [-0.1, -0.05) is 44.2 Å². The number of nitrogens with one attached hydrogen (secondary N) is 1. The highest BCUT2D eigenvalue weighted by Gasteiger charge is 2.21. The monoisotopic (exact) mass is 372 g/mol. The Balaban J connectivity index is 1.90. The van der Waals surface area contributed by atoms with E-state index in [0.29, 0.717) is 18.8 Å². The maximum atomic E-state index is 12.1. The third kappa shape index (κ3) is 6.86. The number of hydrogen-bond acceptors (Lipinski definition) is 4. The summed E-state index contributed by atoms with van der Waals surface area (Å²) < 4.78 is 1.91. The van der Waals surface area contributed by atoms with Crippen molar-refractivity contribution in [1.82, 2.24) is 19.8 Å². The molecule has 0 unspecified atom stereocenters. The quantitative estimate of drug-likeness (QED) is 0.628. The van der Waals surface area contributed by atoms with Crippen molar-refractivity contribution < 1.29 is 14.7 Å². The highest BCUT2D eigenvalue weighted by atomic mass is 16.4. The maximum Gasteiger partial charge on any atom is 0.326 e. The molecule has 0 saturated carbocycles. The number of nitrogens with zero attached hydrogens (tertiary/aromatic N) is 3. The summed E-state index contributed by atoms with van der Waals surface area (Å²) >= 11 is 0. The lowest BCUT2D eigenvalue weighted by molar-refractivity contribution is -0.141. The molecule has 7 nitrogen and oxygen atoms in total. The Kier molecular flexibility index (Phi) is 8.00. The Labute approximate surface area is 160 Å². The van der Waals surface area contributed by atoms with E-state index in [1.54, 1.807) is 6.33 Å². The normalized spacial score (nSPS) is 12.1. The van der Waals surface area contributed by atoms with Gasteiger partial charge in [-0.25, -0.2) is 9.78 Å². The molecule has 27 heavy (non-hydrogen) atoms. The summed E-state index contributed by atoms with van der Waals surface area (Å²) in [6.45, 7) is 7.09. The van der Waals surface area contributed by atoms with E-state index < -0.39 is 12.0 Å². The summed E-state index contributed by atoms with van der Waals surface area (Å²) in [5.41, 5.74) is 1.78. The topological polar surface area (TPSA) is 87.5 Å². The van der Waals surface area contributed by atoms with Crippen LogP contribution in [0.2, 0.25) is 0 Å². The molecule has 2 N–H and O–H groups in total. The van der Waals surface area contributed by atoms with Crippen LogP contribution in [0.4, 0.5) is 0 Å². The third-order valence-electron chi connectivity index (χ3n) is 4.49. The van der Waals surface area contributed by atoms with Gasteiger partial charge in [0.15, 0.2) is 0 Å². The van der Waals surface area contributed by atoms with Gasteiger partial charge in [-0.05, 0) is 18.7 Å². The zero-order valence-electron chi connectivity index (χ0n) is 16.0. The minimum Gasteiger partial charge on any atom is -0.480 e. The first-order valence-corrected chi connectivity index (χ1v) is 9.30. The lowest BCUT2D eigenvalue weighted by Gasteiger charge is -2.18. The Morgan fingerprint density at radius 1 is 1.22 bits per heavy atom. The van der Waals surface area contributed by atoms with Crippen LogP contribution in [0, 0.1) is 0 Å². The first-order valence-electron chi connectivity index (χ1n) is 9.30. The van der Waals surface area contributed by atoms with Gasteiger partial charge in [-0.2, -0.15) is 0 Å². The van der Waals surface area contributed by atoms with Gasteiger partial charge < -0.3 is 19.9 Å². The summed E-state index contributed by atoms with van der Waals surface area (Å²) in [5.74, 6) is -1.30. The molecule has 0 spiro atoms. The van der Waals surface area contributed by atoms with E-state index in [-0.39, 0.29) is 18.7 Å². The van der Waals surface area contributed by atoms with E-state index in [4.69, 9.17) is 0 Å². The van der Waals surface area contributed by atoms with Crippen molar-refractivity contribution in [2.45, 2.75) is 39.3 Å². The zero-order valence-corrected chi connectivity index (χ0v) is 16.0. The van der Waals surface area contributed by atoms with Crippen molar-refractivity contribution in [3.8, 4) is 0 Å². The van der Waals surface area contributed by atoms with Crippen LogP contribution in [-0.2, 0) is 22.6 Å². The smallest absolute Gasteiger partial charge is 0.326 e.